The largest absolute Gasteiger partial charge is 0.469 e. The number of esters is 1. The maximum atomic E-state index is 12.1. The van der Waals surface area contributed by atoms with Crippen molar-refractivity contribution >= 4 is 16.8 Å². The van der Waals surface area contributed by atoms with Crippen LogP contribution in [0.3, 0.4) is 0 Å². The SMILES string of the molecule is COCCC(C)S(=O)CC1(CC(=O)OC)CC1. The van der Waals surface area contributed by atoms with Crippen molar-refractivity contribution in [3.8, 4) is 0 Å². The van der Waals surface area contributed by atoms with Crippen molar-refractivity contribution in [2.45, 2.75) is 37.9 Å². The summed E-state index contributed by atoms with van der Waals surface area (Å²) in [5.41, 5.74) is -0.0424. The van der Waals surface area contributed by atoms with E-state index < -0.39 is 10.8 Å². The first-order chi connectivity index (χ1) is 8.03. The van der Waals surface area contributed by atoms with Gasteiger partial charge in [-0.2, -0.15) is 0 Å². The van der Waals surface area contributed by atoms with E-state index >= 15 is 0 Å². The molecule has 0 aliphatic heterocycles. The number of hydrogen-bond acceptors (Lipinski definition) is 4. The third kappa shape index (κ3) is 4.76. The molecule has 1 saturated carbocycles. The quantitative estimate of drug-likeness (QED) is 0.622. The first-order valence-electron chi connectivity index (χ1n) is 5.96. The van der Waals surface area contributed by atoms with Gasteiger partial charge in [-0.05, 0) is 24.7 Å². The zero-order valence-corrected chi connectivity index (χ0v) is 11.7. The van der Waals surface area contributed by atoms with E-state index in [0.29, 0.717) is 18.8 Å². The van der Waals surface area contributed by atoms with Crippen molar-refractivity contribution < 1.29 is 18.5 Å². The Balaban J connectivity index is 2.37. The molecule has 100 valence electrons. The lowest BCUT2D eigenvalue weighted by molar-refractivity contribution is -0.141. The number of rotatable bonds is 8. The maximum Gasteiger partial charge on any atom is 0.306 e. The van der Waals surface area contributed by atoms with Gasteiger partial charge >= 0.3 is 5.97 Å². The normalized spacial score (nSPS) is 20.6. The van der Waals surface area contributed by atoms with Crippen molar-refractivity contribution in [1.29, 1.82) is 0 Å². The molecule has 17 heavy (non-hydrogen) atoms. The van der Waals surface area contributed by atoms with Crippen LogP contribution in [0.5, 0.6) is 0 Å². The molecule has 2 atom stereocenters. The number of ether oxygens (including phenoxy) is 2. The molecule has 0 spiro atoms. The fourth-order valence-corrected chi connectivity index (χ4v) is 3.42. The molecule has 2 unspecified atom stereocenters. The smallest absolute Gasteiger partial charge is 0.306 e. The van der Waals surface area contributed by atoms with Crippen LogP contribution >= 0.6 is 0 Å². The van der Waals surface area contributed by atoms with Crippen molar-refractivity contribution in [2.24, 2.45) is 5.41 Å². The van der Waals surface area contributed by atoms with Crippen LogP contribution in [0.25, 0.3) is 0 Å². The predicted molar refractivity (Wildman–Crippen MR) is 67.3 cm³/mol. The molecule has 0 amide bonds. The molecule has 1 aliphatic carbocycles. The average molecular weight is 262 g/mol. The minimum absolute atomic E-state index is 0.0424. The molecule has 5 heteroatoms. The third-order valence-corrected chi connectivity index (χ3v) is 5.36. The van der Waals surface area contributed by atoms with Gasteiger partial charge < -0.3 is 9.47 Å². The van der Waals surface area contributed by atoms with Gasteiger partial charge in [0.25, 0.3) is 0 Å². The minimum Gasteiger partial charge on any atom is -0.469 e. The van der Waals surface area contributed by atoms with E-state index in [-0.39, 0.29) is 16.6 Å². The highest BCUT2D eigenvalue weighted by atomic mass is 32.2. The van der Waals surface area contributed by atoms with Gasteiger partial charge in [0.1, 0.15) is 0 Å². The molecule has 0 aromatic heterocycles. The highest BCUT2D eigenvalue weighted by molar-refractivity contribution is 7.85. The van der Waals surface area contributed by atoms with E-state index in [0.717, 1.165) is 19.3 Å². The lowest BCUT2D eigenvalue weighted by Gasteiger charge is -2.17. The van der Waals surface area contributed by atoms with Crippen molar-refractivity contribution in [1.82, 2.24) is 0 Å². The average Bonchev–Trinajstić information content (AvgIpc) is 3.05. The van der Waals surface area contributed by atoms with Gasteiger partial charge in [-0.1, -0.05) is 6.92 Å². The number of methoxy groups -OCH3 is 2. The third-order valence-electron chi connectivity index (χ3n) is 3.33. The molecular weight excluding hydrogens is 240 g/mol. The molecule has 0 radical (unpaired) electrons. The van der Waals surface area contributed by atoms with Gasteiger partial charge in [-0.3, -0.25) is 9.00 Å². The summed E-state index contributed by atoms with van der Waals surface area (Å²) in [7, 11) is 2.17. The number of hydrogen-bond donors (Lipinski definition) is 0. The fraction of sp³-hybridized carbons (Fsp3) is 0.917. The molecule has 4 nitrogen and oxygen atoms in total. The fourth-order valence-electron chi connectivity index (χ4n) is 1.79. The minimum atomic E-state index is -0.879. The maximum absolute atomic E-state index is 12.1. The monoisotopic (exact) mass is 262 g/mol. The summed E-state index contributed by atoms with van der Waals surface area (Å²) in [6, 6.07) is 0. The van der Waals surface area contributed by atoms with Gasteiger partial charge in [0.2, 0.25) is 0 Å². The van der Waals surface area contributed by atoms with Crippen LogP contribution in [-0.4, -0.2) is 42.0 Å². The summed E-state index contributed by atoms with van der Waals surface area (Å²) >= 11 is 0. The summed E-state index contributed by atoms with van der Waals surface area (Å²) in [5.74, 6) is 0.427. The molecule has 0 aromatic carbocycles. The number of carbonyl (C=O) groups is 1. The highest BCUT2D eigenvalue weighted by Crippen LogP contribution is 2.49. The van der Waals surface area contributed by atoms with Crippen LogP contribution in [0, 0.1) is 5.41 Å². The number of carbonyl (C=O) groups excluding carboxylic acids is 1. The van der Waals surface area contributed by atoms with Crippen molar-refractivity contribution in [3.05, 3.63) is 0 Å². The molecular formula is C12H22O4S. The van der Waals surface area contributed by atoms with E-state index in [9.17, 15) is 9.00 Å². The van der Waals surface area contributed by atoms with Crippen LogP contribution < -0.4 is 0 Å². The Kier molecular flexibility index (Phi) is 5.59. The van der Waals surface area contributed by atoms with Gasteiger partial charge in [0.15, 0.2) is 0 Å². The Hall–Kier alpha value is -0.420. The molecule has 0 saturated heterocycles. The topological polar surface area (TPSA) is 52.6 Å². The summed E-state index contributed by atoms with van der Waals surface area (Å²) in [6.07, 6.45) is 3.19. The van der Waals surface area contributed by atoms with Crippen LogP contribution in [0.2, 0.25) is 0 Å². The zero-order valence-electron chi connectivity index (χ0n) is 10.9. The molecule has 0 heterocycles. The van der Waals surface area contributed by atoms with Crippen molar-refractivity contribution in [3.63, 3.8) is 0 Å². The molecule has 1 aliphatic rings. The summed E-state index contributed by atoms with van der Waals surface area (Å²) < 4.78 is 21.7. The van der Waals surface area contributed by atoms with E-state index in [1.54, 1.807) is 7.11 Å². The van der Waals surface area contributed by atoms with Gasteiger partial charge in [-0.25, -0.2) is 0 Å². The molecule has 0 aromatic rings. The summed E-state index contributed by atoms with van der Waals surface area (Å²) in [6.45, 7) is 2.61. The van der Waals surface area contributed by atoms with Crippen LogP contribution in [0.4, 0.5) is 0 Å². The first kappa shape index (κ1) is 14.6. The van der Waals surface area contributed by atoms with E-state index in [2.05, 4.69) is 4.74 Å². The Morgan fingerprint density at radius 3 is 2.53 bits per heavy atom. The first-order valence-corrected chi connectivity index (χ1v) is 7.34. The molecule has 1 rings (SSSR count). The summed E-state index contributed by atoms with van der Waals surface area (Å²) in [4.78, 5) is 11.2. The zero-order chi connectivity index (χ0) is 12.9. The molecule has 1 fully saturated rings. The van der Waals surface area contributed by atoms with Crippen LogP contribution in [0.1, 0.15) is 32.6 Å². The van der Waals surface area contributed by atoms with Gasteiger partial charge in [0.05, 0.1) is 13.5 Å². The summed E-state index contributed by atoms with van der Waals surface area (Å²) in [5, 5.41) is 0.130. The molecule has 0 bridgehead atoms. The standard InChI is InChI=1S/C12H22O4S/c1-10(4-7-15-2)17(14)9-12(5-6-12)8-11(13)16-3/h10H,4-9H2,1-3H3. The van der Waals surface area contributed by atoms with Crippen LogP contribution in [-0.2, 0) is 25.1 Å². The molecule has 0 N–H and O–H groups in total. The van der Waals surface area contributed by atoms with E-state index in [4.69, 9.17) is 4.74 Å². The van der Waals surface area contributed by atoms with Gasteiger partial charge in [-0.15, -0.1) is 0 Å². The van der Waals surface area contributed by atoms with Gasteiger partial charge in [0, 0.05) is 35.5 Å². The van der Waals surface area contributed by atoms with E-state index in [1.165, 1.54) is 7.11 Å². The predicted octanol–water partition coefficient (Wildman–Crippen LogP) is 1.50. The highest BCUT2D eigenvalue weighted by Gasteiger charge is 2.46. The lowest BCUT2D eigenvalue weighted by atomic mass is 10.1. The Bertz CT molecular complexity index is 286. The Labute approximate surface area is 106 Å². The second kappa shape index (κ2) is 6.50. The second-order valence-corrected chi connectivity index (χ2v) is 6.72. The lowest BCUT2D eigenvalue weighted by Crippen LogP contribution is -2.24. The Morgan fingerprint density at radius 2 is 2.06 bits per heavy atom. The Morgan fingerprint density at radius 1 is 1.41 bits per heavy atom. The van der Waals surface area contributed by atoms with E-state index in [1.807, 2.05) is 6.92 Å². The second-order valence-electron chi connectivity index (χ2n) is 4.87. The van der Waals surface area contributed by atoms with Crippen molar-refractivity contribution in [2.75, 3.05) is 26.6 Å². The van der Waals surface area contributed by atoms with Crippen LogP contribution in [0.15, 0.2) is 0 Å².